The van der Waals surface area contributed by atoms with Crippen LogP contribution in [0.4, 0.5) is 10.1 Å². The highest BCUT2D eigenvalue weighted by Gasteiger charge is 2.29. The molecule has 2 amide bonds. The second-order valence-electron chi connectivity index (χ2n) is 6.40. The van der Waals surface area contributed by atoms with Crippen molar-refractivity contribution in [3.8, 4) is 0 Å². The number of amides is 2. The summed E-state index contributed by atoms with van der Waals surface area (Å²) in [4.78, 5) is 24.4. The van der Waals surface area contributed by atoms with Gasteiger partial charge in [-0.1, -0.05) is 18.2 Å². The average Bonchev–Trinajstić information content (AvgIpc) is 3.17. The van der Waals surface area contributed by atoms with Gasteiger partial charge in [0.05, 0.1) is 6.10 Å². The van der Waals surface area contributed by atoms with Gasteiger partial charge < -0.3 is 21.1 Å². The highest BCUT2D eigenvalue weighted by Crippen LogP contribution is 2.20. The number of halogens is 1. The number of hydrogen-bond acceptors (Lipinski definition) is 4. The molecule has 0 radical (unpaired) electrons. The Morgan fingerprint density at radius 3 is 2.52 bits per heavy atom. The molecule has 4 N–H and O–H groups in total. The van der Waals surface area contributed by atoms with Crippen molar-refractivity contribution in [1.29, 1.82) is 0 Å². The third-order valence-corrected chi connectivity index (χ3v) is 4.47. The smallest absolute Gasteiger partial charge is 0.253 e. The molecule has 0 spiro atoms. The van der Waals surface area contributed by atoms with Crippen LogP contribution in [-0.4, -0.2) is 30.6 Å². The van der Waals surface area contributed by atoms with Crippen LogP contribution in [-0.2, 0) is 16.1 Å². The van der Waals surface area contributed by atoms with Gasteiger partial charge >= 0.3 is 0 Å². The molecule has 1 saturated heterocycles. The van der Waals surface area contributed by atoms with Gasteiger partial charge in [-0.25, -0.2) is 4.39 Å². The van der Waals surface area contributed by atoms with Crippen LogP contribution in [0, 0.1) is 5.82 Å². The highest BCUT2D eigenvalue weighted by molar-refractivity contribution is 5.96. The Morgan fingerprint density at radius 1 is 1.11 bits per heavy atom. The van der Waals surface area contributed by atoms with E-state index in [9.17, 15) is 14.0 Å². The average molecular weight is 371 g/mol. The summed E-state index contributed by atoms with van der Waals surface area (Å²) >= 11 is 0. The number of benzene rings is 2. The first-order chi connectivity index (χ1) is 13.1. The van der Waals surface area contributed by atoms with Crippen LogP contribution in [0.1, 0.15) is 28.8 Å². The lowest BCUT2D eigenvalue weighted by molar-refractivity contribution is -0.126. The van der Waals surface area contributed by atoms with Crippen LogP contribution in [0.15, 0.2) is 48.5 Å². The van der Waals surface area contributed by atoms with Crippen molar-refractivity contribution in [2.45, 2.75) is 31.6 Å². The van der Waals surface area contributed by atoms with Gasteiger partial charge in [-0.3, -0.25) is 9.59 Å². The molecule has 1 aliphatic heterocycles. The predicted octanol–water partition coefficient (Wildman–Crippen LogP) is 2.20. The van der Waals surface area contributed by atoms with Gasteiger partial charge in [-0.05, 0) is 43.2 Å². The van der Waals surface area contributed by atoms with Crippen LogP contribution in [0.5, 0.6) is 0 Å². The minimum absolute atomic E-state index is 0.0683. The number of anilines is 1. The van der Waals surface area contributed by atoms with E-state index in [2.05, 4.69) is 10.6 Å². The molecule has 27 heavy (non-hydrogen) atoms. The molecule has 1 fully saturated rings. The van der Waals surface area contributed by atoms with Gasteiger partial charge in [-0.2, -0.15) is 0 Å². The zero-order valence-electron chi connectivity index (χ0n) is 14.8. The molecule has 0 unspecified atom stereocenters. The van der Waals surface area contributed by atoms with Gasteiger partial charge in [0.25, 0.3) is 11.8 Å². The van der Waals surface area contributed by atoms with E-state index in [0.717, 1.165) is 6.42 Å². The van der Waals surface area contributed by atoms with Crippen LogP contribution in [0.2, 0.25) is 0 Å². The summed E-state index contributed by atoms with van der Waals surface area (Å²) in [6.45, 7) is 0.506. The maximum Gasteiger partial charge on any atom is 0.253 e. The molecule has 0 aliphatic carbocycles. The monoisotopic (exact) mass is 371 g/mol. The Labute approximate surface area is 156 Å². The molecule has 3 rings (SSSR count). The molecule has 2 atom stereocenters. The number of nitrogens with two attached hydrogens (primary N) is 1. The molecule has 6 nitrogen and oxygen atoms in total. The number of carbonyl (C=O) groups excluding carboxylic acids is 2. The molecule has 7 heteroatoms. The molecule has 1 heterocycles. The minimum Gasteiger partial charge on any atom is -0.364 e. The van der Waals surface area contributed by atoms with Crippen molar-refractivity contribution < 1.29 is 18.7 Å². The number of nitrogens with one attached hydrogen (secondary N) is 2. The third-order valence-electron chi connectivity index (χ3n) is 4.47. The number of hydrogen-bond donors (Lipinski definition) is 3. The molecule has 2 aromatic carbocycles. The van der Waals surface area contributed by atoms with E-state index in [1.54, 1.807) is 42.5 Å². The number of carbonyl (C=O) groups is 2. The SMILES string of the molecule is NC[C@H]1CC[C@@H](C(=O)Nc2ccc(C(=O)NCc3ccccc3F)cc2)O1. The highest BCUT2D eigenvalue weighted by atomic mass is 19.1. The topological polar surface area (TPSA) is 93.5 Å². The Morgan fingerprint density at radius 2 is 1.85 bits per heavy atom. The largest absolute Gasteiger partial charge is 0.364 e. The minimum atomic E-state index is -0.498. The number of rotatable bonds is 6. The Balaban J connectivity index is 1.53. The van der Waals surface area contributed by atoms with Crippen molar-refractivity contribution in [3.63, 3.8) is 0 Å². The fourth-order valence-electron chi connectivity index (χ4n) is 2.92. The van der Waals surface area contributed by atoms with Gasteiger partial charge in [0.1, 0.15) is 11.9 Å². The molecular weight excluding hydrogens is 349 g/mol. The molecule has 0 aromatic heterocycles. The number of ether oxygens (including phenoxy) is 1. The Bertz CT molecular complexity index is 810. The quantitative estimate of drug-likeness (QED) is 0.726. The van der Waals surface area contributed by atoms with Crippen molar-refractivity contribution in [1.82, 2.24) is 5.32 Å². The lowest BCUT2D eigenvalue weighted by Crippen LogP contribution is -2.29. The van der Waals surface area contributed by atoms with E-state index < -0.39 is 6.10 Å². The van der Waals surface area contributed by atoms with E-state index in [1.807, 2.05) is 0 Å². The van der Waals surface area contributed by atoms with E-state index >= 15 is 0 Å². The molecule has 1 aliphatic rings. The summed E-state index contributed by atoms with van der Waals surface area (Å²) in [5.74, 6) is -0.898. The standard InChI is InChI=1S/C20H22FN3O3/c21-17-4-2-1-3-14(17)12-23-19(25)13-5-7-15(8-6-13)24-20(26)18-10-9-16(11-22)27-18/h1-8,16,18H,9-12,22H2,(H,23,25)(H,24,26)/t16-,18+/m1/s1. The van der Waals surface area contributed by atoms with Crippen molar-refractivity contribution in [2.75, 3.05) is 11.9 Å². The Hall–Kier alpha value is -2.77. The van der Waals surface area contributed by atoms with Gasteiger partial charge in [0.2, 0.25) is 0 Å². The maximum atomic E-state index is 13.6. The van der Waals surface area contributed by atoms with Crippen molar-refractivity contribution in [2.24, 2.45) is 5.73 Å². The summed E-state index contributed by atoms with van der Waals surface area (Å²) in [7, 11) is 0. The van der Waals surface area contributed by atoms with Gasteiger partial charge in [0, 0.05) is 29.9 Å². The van der Waals surface area contributed by atoms with Gasteiger partial charge in [0.15, 0.2) is 0 Å². The van der Waals surface area contributed by atoms with Crippen LogP contribution < -0.4 is 16.4 Å². The summed E-state index contributed by atoms with van der Waals surface area (Å²) < 4.78 is 19.1. The predicted molar refractivity (Wildman–Crippen MR) is 99.6 cm³/mol. The van der Waals surface area contributed by atoms with Crippen molar-refractivity contribution in [3.05, 3.63) is 65.5 Å². The summed E-state index contributed by atoms with van der Waals surface area (Å²) in [5.41, 5.74) is 6.96. The second kappa shape index (κ2) is 8.75. The van der Waals surface area contributed by atoms with E-state index in [-0.39, 0.29) is 30.3 Å². The first-order valence-corrected chi connectivity index (χ1v) is 8.85. The normalized spacial score (nSPS) is 18.9. The van der Waals surface area contributed by atoms with Crippen molar-refractivity contribution >= 4 is 17.5 Å². The fraction of sp³-hybridized carbons (Fsp3) is 0.300. The Kier molecular flexibility index (Phi) is 6.16. The van der Waals surface area contributed by atoms with Gasteiger partial charge in [-0.15, -0.1) is 0 Å². The second-order valence-corrected chi connectivity index (χ2v) is 6.40. The van der Waals surface area contributed by atoms with Crippen LogP contribution >= 0.6 is 0 Å². The van der Waals surface area contributed by atoms with E-state index in [4.69, 9.17) is 10.5 Å². The first kappa shape index (κ1) is 19.0. The van der Waals surface area contributed by atoms with E-state index in [0.29, 0.717) is 29.8 Å². The lowest BCUT2D eigenvalue weighted by atomic mass is 10.1. The third kappa shape index (κ3) is 4.90. The molecule has 142 valence electrons. The zero-order valence-corrected chi connectivity index (χ0v) is 14.8. The summed E-state index contributed by atoms with van der Waals surface area (Å²) in [6, 6.07) is 12.8. The lowest BCUT2D eigenvalue weighted by Gasteiger charge is -2.13. The molecular formula is C20H22FN3O3. The zero-order chi connectivity index (χ0) is 19.2. The first-order valence-electron chi connectivity index (χ1n) is 8.85. The summed E-state index contributed by atoms with van der Waals surface area (Å²) in [6.07, 6.45) is 0.850. The maximum absolute atomic E-state index is 13.6. The van der Waals surface area contributed by atoms with Crippen LogP contribution in [0.3, 0.4) is 0 Å². The van der Waals surface area contributed by atoms with E-state index in [1.165, 1.54) is 6.07 Å². The fourth-order valence-corrected chi connectivity index (χ4v) is 2.92. The molecule has 2 aromatic rings. The van der Waals surface area contributed by atoms with Crippen LogP contribution in [0.25, 0.3) is 0 Å². The molecule has 0 saturated carbocycles. The summed E-state index contributed by atoms with van der Waals surface area (Å²) in [5, 5.41) is 5.45. The molecule has 0 bridgehead atoms.